The topological polar surface area (TPSA) is 117 Å². The number of nitrogens with zero attached hydrogens (tertiary/aromatic N) is 1. The van der Waals surface area contributed by atoms with Gasteiger partial charge in [0.2, 0.25) is 0 Å². The highest BCUT2D eigenvalue weighted by Crippen LogP contribution is 2.34. The number of nitro groups is 1. The lowest BCUT2D eigenvalue weighted by atomic mass is 10.1. The average Bonchev–Trinajstić information content (AvgIpc) is 2.56. The molecule has 1 aromatic carbocycles. The van der Waals surface area contributed by atoms with Gasteiger partial charge in [-0.05, 0) is 6.42 Å². The number of nitro benzene ring substituents is 1. The first kappa shape index (κ1) is 21.9. The molecule has 1 amide bonds. The lowest BCUT2D eigenvalue weighted by Gasteiger charge is -2.17. The van der Waals surface area contributed by atoms with Gasteiger partial charge in [-0.1, -0.05) is 19.8 Å². The molecule has 0 heterocycles. The molecule has 8 nitrogen and oxygen atoms in total. The number of hydrogen-bond acceptors (Lipinski definition) is 6. The molecule has 1 atom stereocenters. The van der Waals surface area contributed by atoms with Crippen LogP contribution in [0.25, 0.3) is 0 Å². The van der Waals surface area contributed by atoms with E-state index in [1.165, 1.54) is 26.4 Å². The van der Waals surface area contributed by atoms with E-state index in [1.54, 1.807) is 0 Å². The number of carbonyl (C=O) groups is 1. The second-order valence-electron chi connectivity index (χ2n) is 5.03. The Bertz CT molecular complexity index is 568. The van der Waals surface area contributed by atoms with E-state index in [0.29, 0.717) is 0 Å². The van der Waals surface area contributed by atoms with Gasteiger partial charge < -0.3 is 20.5 Å². The number of rotatable bonds is 9. The number of unbranched alkanes of at least 4 members (excludes halogenated alkanes) is 1. The predicted molar refractivity (Wildman–Crippen MR) is 93.3 cm³/mol. The highest BCUT2D eigenvalue weighted by Gasteiger charge is 2.25. The zero-order valence-corrected chi connectivity index (χ0v) is 14.9. The van der Waals surface area contributed by atoms with Crippen LogP contribution >= 0.6 is 12.4 Å². The van der Waals surface area contributed by atoms with Crippen LogP contribution in [-0.2, 0) is 0 Å². The molecule has 0 aliphatic carbocycles. The quantitative estimate of drug-likeness (QED) is 0.514. The maximum atomic E-state index is 12.4. The fourth-order valence-electron chi connectivity index (χ4n) is 2.16. The van der Waals surface area contributed by atoms with Crippen molar-refractivity contribution in [3.63, 3.8) is 0 Å². The van der Waals surface area contributed by atoms with Gasteiger partial charge in [-0.15, -0.1) is 12.4 Å². The Balaban J connectivity index is 0.00000529. The molecule has 0 spiro atoms. The molecule has 0 bridgehead atoms. The molecular weight excluding hydrogens is 338 g/mol. The van der Waals surface area contributed by atoms with Crippen LogP contribution in [0, 0.1) is 10.1 Å². The number of hydrogen-bond donors (Lipinski definition) is 2. The van der Waals surface area contributed by atoms with Gasteiger partial charge >= 0.3 is 0 Å². The van der Waals surface area contributed by atoms with Crippen LogP contribution in [0.3, 0.4) is 0 Å². The van der Waals surface area contributed by atoms with Crippen LogP contribution in [0.1, 0.15) is 36.5 Å². The van der Waals surface area contributed by atoms with Crippen molar-refractivity contribution in [3.8, 4) is 11.5 Å². The standard InChI is InChI=1S/C15H23N3O5.ClH/c1-4-5-6-10(9-16)17-15(19)11-7-13(22-2)14(23-3)8-12(11)18(20)21;/h7-8,10H,4-6,9,16H2,1-3H3,(H,17,19);1H. The molecule has 3 N–H and O–H groups in total. The number of carbonyl (C=O) groups excluding carboxylic acids is 1. The molecule has 136 valence electrons. The predicted octanol–water partition coefficient (Wildman–Crippen LogP) is 2.28. The summed E-state index contributed by atoms with van der Waals surface area (Å²) in [7, 11) is 2.77. The highest BCUT2D eigenvalue weighted by molar-refractivity contribution is 5.99. The van der Waals surface area contributed by atoms with Gasteiger partial charge in [0.1, 0.15) is 5.56 Å². The molecule has 9 heteroatoms. The summed E-state index contributed by atoms with van der Waals surface area (Å²) in [5.74, 6) is -0.109. The van der Waals surface area contributed by atoms with Crippen molar-refractivity contribution < 1.29 is 19.2 Å². The van der Waals surface area contributed by atoms with Crippen molar-refractivity contribution in [3.05, 3.63) is 27.8 Å². The molecule has 0 saturated heterocycles. The van der Waals surface area contributed by atoms with E-state index >= 15 is 0 Å². The molecule has 24 heavy (non-hydrogen) atoms. The third kappa shape index (κ3) is 5.54. The number of amides is 1. The third-order valence-corrected chi connectivity index (χ3v) is 3.47. The van der Waals surface area contributed by atoms with Crippen LogP contribution < -0.4 is 20.5 Å². The van der Waals surface area contributed by atoms with Gasteiger partial charge in [-0.3, -0.25) is 14.9 Å². The molecule has 1 aromatic rings. The molecule has 0 radical (unpaired) electrons. The van der Waals surface area contributed by atoms with Crippen LogP contribution in [0.5, 0.6) is 11.5 Å². The fraction of sp³-hybridized carbons (Fsp3) is 0.533. The van der Waals surface area contributed by atoms with Gasteiger partial charge in [0.25, 0.3) is 11.6 Å². The largest absolute Gasteiger partial charge is 0.493 e. The molecule has 0 aliphatic rings. The molecule has 0 saturated carbocycles. The Labute approximate surface area is 147 Å². The SMILES string of the molecule is CCCCC(CN)NC(=O)c1cc(OC)c(OC)cc1[N+](=O)[O-].Cl. The smallest absolute Gasteiger partial charge is 0.286 e. The molecule has 1 rings (SSSR count). The van der Waals surface area contributed by atoms with E-state index in [4.69, 9.17) is 15.2 Å². The minimum atomic E-state index is -0.625. The number of nitrogens with two attached hydrogens (primary N) is 1. The average molecular weight is 362 g/mol. The Morgan fingerprint density at radius 3 is 2.38 bits per heavy atom. The van der Waals surface area contributed by atoms with Crippen molar-refractivity contribution in [1.82, 2.24) is 5.32 Å². The zero-order valence-electron chi connectivity index (χ0n) is 14.0. The van der Waals surface area contributed by atoms with E-state index in [0.717, 1.165) is 19.3 Å². The van der Waals surface area contributed by atoms with Crippen molar-refractivity contribution in [2.45, 2.75) is 32.2 Å². The van der Waals surface area contributed by atoms with E-state index in [2.05, 4.69) is 5.32 Å². The highest BCUT2D eigenvalue weighted by atomic mass is 35.5. The van der Waals surface area contributed by atoms with Gasteiger partial charge in [0.15, 0.2) is 11.5 Å². The van der Waals surface area contributed by atoms with E-state index in [1.807, 2.05) is 6.92 Å². The summed E-state index contributed by atoms with van der Waals surface area (Å²) >= 11 is 0. The second-order valence-corrected chi connectivity index (χ2v) is 5.03. The number of halogens is 1. The first-order chi connectivity index (χ1) is 11.0. The van der Waals surface area contributed by atoms with Crippen LogP contribution in [0.2, 0.25) is 0 Å². The third-order valence-electron chi connectivity index (χ3n) is 3.47. The molecular formula is C15H24ClN3O5. The van der Waals surface area contributed by atoms with E-state index in [-0.39, 0.29) is 47.7 Å². The summed E-state index contributed by atoms with van der Waals surface area (Å²) in [4.78, 5) is 23.0. The molecule has 1 unspecified atom stereocenters. The summed E-state index contributed by atoms with van der Waals surface area (Å²) in [6.07, 6.45) is 2.61. The van der Waals surface area contributed by atoms with Crippen molar-refractivity contribution >= 4 is 24.0 Å². The Hall–Kier alpha value is -2.06. The van der Waals surface area contributed by atoms with Crippen molar-refractivity contribution in [2.24, 2.45) is 5.73 Å². The first-order valence-electron chi connectivity index (χ1n) is 7.39. The van der Waals surface area contributed by atoms with Gasteiger partial charge in [0.05, 0.1) is 25.2 Å². The van der Waals surface area contributed by atoms with Gasteiger partial charge in [-0.25, -0.2) is 0 Å². The van der Waals surface area contributed by atoms with Crippen molar-refractivity contribution in [1.29, 1.82) is 0 Å². The molecule has 0 aliphatic heterocycles. The second kappa shape index (κ2) is 10.7. The van der Waals surface area contributed by atoms with Crippen LogP contribution in [-0.4, -0.2) is 37.6 Å². The molecule has 0 aromatic heterocycles. The maximum Gasteiger partial charge on any atom is 0.286 e. The minimum absolute atomic E-state index is 0. The lowest BCUT2D eigenvalue weighted by Crippen LogP contribution is -2.40. The van der Waals surface area contributed by atoms with Crippen LogP contribution in [0.4, 0.5) is 5.69 Å². The Morgan fingerprint density at radius 2 is 1.92 bits per heavy atom. The summed E-state index contributed by atoms with van der Waals surface area (Å²) in [6, 6.07) is 2.26. The Kier molecular flexibility index (Phi) is 9.75. The van der Waals surface area contributed by atoms with E-state index < -0.39 is 10.8 Å². The summed E-state index contributed by atoms with van der Waals surface area (Å²) in [5, 5.41) is 14.0. The summed E-state index contributed by atoms with van der Waals surface area (Å²) in [6.45, 7) is 2.31. The van der Waals surface area contributed by atoms with E-state index in [9.17, 15) is 14.9 Å². The number of benzene rings is 1. The summed E-state index contributed by atoms with van der Waals surface area (Å²) < 4.78 is 10.1. The monoisotopic (exact) mass is 361 g/mol. The van der Waals surface area contributed by atoms with Crippen molar-refractivity contribution in [2.75, 3.05) is 20.8 Å². The minimum Gasteiger partial charge on any atom is -0.493 e. The normalized spacial score (nSPS) is 11.2. The van der Waals surface area contributed by atoms with Crippen LogP contribution in [0.15, 0.2) is 12.1 Å². The molecule has 0 fully saturated rings. The number of ether oxygens (including phenoxy) is 2. The Morgan fingerprint density at radius 1 is 1.33 bits per heavy atom. The zero-order chi connectivity index (χ0) is 17.4. The van der Waals surface area contributed by atoms with Gasteiger partial charge in [-0.2, -0.15) is 0 Å². The maximum absolute atomic E-state index is 12.4. The fourth-order valence-corrected chi connectivity index (χ4v) is 2.16. The summed E-state index contributed by atoms with van der Waals surface area (Å²) in [5.41, 5.74) is 5.22. The van der Waals surface area contributed by atoms with Gasteiger partial charge in [0, 0.05) is 18.7 Å². The number of methoxy groups -OCH3 is 2. The first-order valence-corrected chi connectivity index (χ1v) is 7.39. The number of nitrogens with one attached hydrogen (secondary N) is 1. The lowest BCUT2D eigenvalue weighted by molar-refractivity contribution is -0.385.